The lowest BCUT2D eigenvalue weighted by Crippen LogP contribution is -2.15. The maximum absolute atomic E-state index is 5.62. The number of rotatable bonds is 6. The summed E-state index contributed by atoms with van der Waals surface area (Å²) < 4.78 is 6.64. The highest BCUT2D eigenvalue weighted by molar-refractivity contribution is 9.10. The van der Waals surface area contributed by atoms with Gasteiger partial charge in [-0.2, -0.15) is 0 Å². The largest absolute Gasteiger partial charge is 0.488 e. The van der Waals surface area contributed by atoms with Crippen LogP contribution in [0.1, 0.15) is 25.3 Å². The van der Waals surface area contributed by atoms with Gasteiger partial charge in [0.2, 0.25) is 0 Å². The molecule has 0 bridgehead atoms. The van der Waals surface area contributed by atoms with Gasteiger partial charge in [0.1, 0.15) is 12.4 Å². The van der Waals surface area contributed by atoms with Gasteiger partial charge in [0.25, 0.3) is 0 Å². The smallest absolute Gasteiger partial charge is 0.133 e. The van der Waals surface area contributed by atoms with E-state index in [-0.39, 0.29) is 0 Å². The molecule has 0 atom stereocenters. The number of hydrogen-bond donors (Lipinski definition) is 1. The molecule has 3 heteroatoms. The van der Waals surface area contributed by atoms with Gasteiger partial charge >= 0.3 is 0 Å². The second-order valence-corrected chi connectivity index (χ2v) is 5.15. The minimum absolute atomic E-state index is 0.620. The summed E-state index contributed by atoms with van der Waals surface area (Å²) in [6, 6.07) is 7.02. The average molecular weight is 296 g/mol. The van der Waals surface area contributed by atoms with Gasteiger partial charge in [-0.05, 0) is 53.4 Å². The summed E-state index contributed by atoms with van der Waals surface area (Å²) in [6.45, 7) is 3.55. The topological polar surface area (TPSA) is 21.3 Å². The molecule has 1 aliphatic carbocycles. The number of allylic oxidation sites excluding steroid dienone is 1. The van der Waals surface area contributed by atoms with Crippen molar-refractivity contribution in [1.82, 2.24) is 5.32 Å². The average Bonchev–Trinajstić information content (AvgIpc) is 3.13. The van der Waals surface area contributed by atoms with Gasteiger partial charge in [0.05, 0.1) is 4.47 Å². The minimum atomic E-state index is 0.620. The molecule has 0 saturated heterocycles. The SMILES string of the molecule is CC=CCOc1ccc(CNC2CC2)cc1Br. The maximum Gasteiger partial charge on any atom is 0.133 e. The lowest BCUT2D eigenvalue weighted by Gasteiger charge is -2.08. The van der Waals surface area contributed by atoms with Crippen LogP contribution in [0.2, 0.25) is 0 Å². The van der Waals surface area contributed by atoms with Gasteiger partial charge in [-0.3, -0.25) is 0 Å². The molecule has 0 aliphatic heterocycles. The van der Waals surface area contributed by atoms with Crippen LogP contribution in [0.3, 0.4) is 0 Å². The summed E-state index contributed by atoms with van der Waals surface area (Å²) in [7, 11) is 0. The van der Waals surface area contributed by atoms with E-state index >= 15 is 0 Å². The normalized spacial score (nSPS) is 15.4. The van der Waals surface area contributed by atoms with Gasteiger partial charge in [-0.15, -0.1) is 0 Å². The van der Waals surface area contributed by atoms with Crippen LogP contribution in [0.25, 0.3) is 0 Å². The Labute approximate surface area is 111 Å². The first-order chi connectivity index (χ1) is 8.29. The van der Waals surface area contributed by atoms with Crippen molar-refractivity contribution in [3.05, 3.63) is 40.4 Å². The summed E-state index contributed by atoms with van der Waals surface area (Å²) >= 11 is 3.55. The molecule has 1 aromatic carbocycles. The predicted octanol–water partition coefficient (Wildman–Crippen LogP) is 3.66. The van der Waals surface area contributed by atoms with Crippen LogP contribution < -0.4 is 10.1 Å². The Morgan fingerprint density at radius 2 is 2.29 bits per heavy atom. The molecule has 17 heavy (non-hydrogen) atoms. The van der Waals surface area contributed by atoms with Gasteiger partial charge in [0, 0.05) is 12.6 Å². The number of ether oxygens (including phenoxy) is 1. The van der Waals surface area contributed by atoms with Gasteiger partial charge in [-0.1, -0.05) is 18.2 Å². The summed E-state index contributed by atoms with van der Waals surface area (Å²) in [5.41, 5.74) is 1.29. The number of nitrogens with one attached hydrogen (secondary N) is 1. The fourth-order valence-corrected chi connectivity index (χ4v) is 2.10. The zero-order valence-electron chi connectivity index (χ0n) is 10.1. The van der Waals surface area contributed by atoms with Crippen molar-refractivity contribution in [1.29, 1.82) is 0 Å². The van der Waals surface area contributed by atoms with Crippen molar-refractivity contribution in [3.8, 4) is 5.75 Å². The Morgan fingerprint density at radius 1 is 1.47 bits per heavy atom. The second kappa shape index (κ2) is 6.22. The molecular formula is C14H18BrNO. The van der Waals surface area contributed by atoms with E-state index in [1.54, 1.807) is 0 Å². The molecule has 0 heterocycles. The Hall–Kier alpha value is -0.800. The lowest BCUT2D eigenvalue weighted by molar-refractivity contribution is 0.360. The predicted molar refractivity (Wildman–Crippen MR) is 74.3 cm³/mol. The van der Waals surface area contributed by atoms with Crippen LogP contribution in [0.5, 0.6) is 5.75 Å². The summed E-state index contributed by atoms with van der Waals surface area (Å²) in [4.78, 5) is 0. The van der Waals surface area contributed by atoms with Crippen LogP contribution in [0.15, 0.2) is 34.8 Å². The standard InChI is InChI=1S/C14H18BrNO/c1-2-3-8-17-14-7-4-11(9-13(14)15)10-16-12-5-6-12/h2-4,7,9,12,16H,5-6,8,10H2,1H3. The van der Waals surface area contributed by atoms with Crippen LogP contribution in [0.4, 0.5) is 0 Å². The Morgan fingerprint density at radius 3 is 2.94 bits per heavy atom. The minimum Gasteiger partial charge on any atom is -0.488 e. The van der Waals surface area contributed by atoms with Crippen molar-refractivity contribution in [3.63, 3.8) is 0 Å². The molecule has 0 spiro atoms. The molecule has 1 fully saturated rings. The first-order valence-electron chi connectivity index (χ1n) is 6.05. The molecule has 92 valence electrons. The third-order valence-electron chi connectivity index (χ3n) is 2.74. The molecule has 0 radical (unpaired) electrons. The summed E-state index contributed by atoms with van der Waals surface area (Å²) in [5.74, 6) is 0.901. The van der Waals surface area contributed by atoms with Crippen LogP contribution in [0, 0.1) is 0 Å². The maximum atomic E-state index is 5.62. The molecule has 1 saturated carbocycles. The molecule has 0 aromatic heterocycles. The molecule has 1 N–H and O–H groups in total. The lowest BCUT2D eigenvalue weighted by atomic mass is 10.2. The highest BCUT2D eigenvalue weighted by atomic mass is 79.9. The van der Waals surface area contributed by atoms with Gasteiger partial charge in [0.15, 0.2) is 0 Å². The van der Waals surface area contributed by atoms with Crippen molar-refractivity contribution in [2.45, 2.75) is 32.4 Å². The number of halogens is 1. The van der Waals surface area contributed by atoms with E-state index in [0.29, 0.717) is 6.61 Å². The van der Waals surface area contributed by atoms with E-state index < -0.39 is 0 Å². The van der Waals surface area contributed by atoms with E-state index in [2.05, 4.69) is 33.4 Å². The van der Waals surface area contributed by atoms with Crippen LogP contribution in [-0.4, -0.2) is 12.6 Å². The Bertz CT molecular complexity index is 399. The third kappa shape index (κ3) is 4.17. The zero-order chi connectivity index (χ0) is 12.1. The van der Waals surface area contributed by atoms with Crippen LogP contribution in [-0.2, 0) is 6.54 Å². The molecule has 2 nitrogen and oxygen atoms in total. The second-order valence-electron chi connectivity index (χ2n) is 4.30. The van der Waals surface area contributed by atoms with E-state index in [1.165, 1.54) is 18.4 Å². The van der Waals surface area contributed by atoms with Crippen molar-refractivity contribution < 1.29 is 4.74 Å². The number of benzene rings is 1. The fraction of sp³-hybridized carbons (Fsp3) is 0.429. The van der Waals surface area contributed by atoms with E-state index in [0.717, 1.165) is 22.8 Å². The summed E-state index contributed by atoms with van der Waals surface area (Å²) in [5, 5.41) is 3.50. The molecule has 1 aromatic rings. The highest BCUT2D eigenvalue weighted by Crippen LogP contribution is 2.26. The monoisotopic (exact) mass is 295 g/mol. The molecule has 2 rings (SSSR count). The van der Waals surface area contributed by atoms with Gasteiger partial charge in [-0.25, -0.2) is 0 Å². The highest BCUT2D eigenvalue weighted by Gasteiger charge is 2.19. The van der Waals surface area contributed by atoms with Gasteiger partial charge < -0.3 is 10.1 Å². The molecule has 0 unspecified atom stereocenters. The van der Waals surface area contributed by atoms with Crippen molar-refractivity contribution in [2.24, 2.45) is 0 Å². The Balaban J connectivity index is 1.90. The molecular weight excluding hydrogens is 278 g/mol. The zero-order valence-corrected chi connectivity index (χ0v) is 11.7. The van der Waals surface area contributed by atoms with E-state index in [4.69, 9.17) is 4.74 Å². The van der Waals surface area contributed by atoms with Crippen molar-refractivity contribution in [2.75, 3.05) is 6.61 Å². The molecule has 1 aliphatic rings. The summed E-state index contributed by atoms with van der Waals surface area (Å²) in [6.07, 6.45) is 6.63. The third-order valence-corrected chi connectivity index (χ3v) is 3.36. The Kier molecular flexibility index (Phi) is 4.63. The van der Waals surface area contributed by atoms with Crippen molar-refractivity contribution >= 4 is 15.9 Å². The van der Waals surface area contributed by atoms with Crippen LogP contribution >= 0.6 is 15.9 Å². The van der Waals surface area contributed by atoms with E-state index in [9.17, 15) is 0 Å². The first kappa shape index (κ1) is 12.7. The van der Waals surface area contributed by atoms with E-state index in [1.807, 2.05) is 25.1 Å². The quantitative estimate of drug-likeness (QED) is 0.809. The fourth-order valence-electron chi connectivity index (χ4n) is 1.56. The number of hydrogen-bond acceptors (Lipinski definition) is 2. The first-order valence-corrected chi connectivity index (χ1v) is 6.84. The molecule has 0 amide bonds.